The Labute approximate surface area is 112 Å². The summed E-state index contributed by atoms with van der Waals surface area (Å²) in [4.78, 5) is 2.14. The van der Waals surface area contributed by atoms with Gasteiger partial charge in [0, 0.05) is 12.2 Å². The third-order valence-electron chi connectivity index (χ3n) is 3.17. The predicted octanol–water partition coefficient (Wildman–Crippen LogP) is 3.52. The highest BCUT2D eigenvalue weighted by molar-refractivity contribution is 5.85. The summed E-state index contributed by atoms with van der Waals surface area (Å²) in [7, 11) is 0. The smallest absolute Gasteiger partial charge is 0.125 e. The van der Waals surface area contributed by atoms with Gasteiger partial charge in [-0.2, -0.15) is 0 Å². The van der Waals surface area contributed by atoms with E-state index in [1.807, 2.05) is 12.1 Å². The monoisotopic (exact) mass is 264 g/mol. The van der Waals surface area contributed by atoms with Crippen molar-refractivity contribution in [1.29, 1.82) is 0 Å². The van der Waals surface area contributed by atoms with Crippen LogP contribution in [0.4, 0.5) is 21.5 Å². The third-order valence-corrected chi connectivity index (χ3v) is 3.17. The van der Waals surface area contributed by atoms with Crippen molar-refractivity contribution in [3.8, 4) is 0 Å². The van der Waals surface area contributed by atoms with Gasteiger partial charge >= 0.3 is 0 Å². The van der Waals surface area contributed by atoms with Gasteiger partial charge in [-0.1, -0.05) is 18.2 Å². The summed E-state index contributed by atoms with van der Waals surface area (Å²) >= 11 is 0. The summed E-state index contributed by atoms with van der Waals surface area (Å²) in [6.07, 6.45) is 1.01. The molecule has 0 saturated heterocycles. The van der Waals surface area contributed by atoms with Crippen LogP contribution in [0.5, 0.6) is 0 Å². The zero-order valence-electron chi connectivity index (χ0n) is 9.77. The second-order valence-electron chi connectivity index (χ2n) is 4.23. The van der Waals surface area contributed by atoms with Crippen LogP contribution < -0.4 is 10.6 Å². The van der Waals surface area contributed by atoms with E-state index in [9.17, 15) is 4.39 Å². The van der Waals surface area contributed by atoms with Gasteiger partial charge in [-0.25, -0.2) is 4.39 Å². The maximum absolute atomic E-state index is 13.0. The first-order valence-corrected chi connectivity index (χ1v) is 5.66. The molecule has 1 aliphatic rings. The van der Waals surface area contributed by atoms with Crippen LogP contribution >= 0.6 is 12.4 Å². The van der Waals surface area contributed by atoms with Crippen molar-refractivity contribution in [3.63, 3.8) is 0 Å². The van der Waals surface area contributed by atoms with Gasteiger partial charge in [-0.3, -0.25) is 0 Å². The van der Waals surface area contributed by atoms with Gasteiger partial charge in [0.15, 0.2) is 0 Å². The molecule has 94 valence electrons. The average Bonchev–Trinajstić information content (AvgIpc) is 2.73. The van der Waals surface area contributed by atoms with Gasteiger partial charge in [-0.05, 0) is 36.2 Å². The maximum Gasteiger partial charge on any atom is 0.125 e. The molecule has 1 aliphatic heterocycles. The molecule has 0 radical (unpaired) electrons. The minimum atomic E-state index is -0.293. The molecule has 2 aromatic carbocycles. The summed E-state index contributed by atoms with van der Waals surface area (Å²) in [5.74, 6) is -0.293. The molecule has 2 nitrogen and oxygen atoms in total. The van der Waals surface area contributed by atoms with Gasteiger partial charge < -0.3 is 10.6 Å². The first-order chi connectivity index (χ1) is 8.25. The molecule has 2 N–H and O–H groups in total. The lowest BCUT2D eigenvalue weighted by Gasteiger charge is -2.21. The van der Waals surface area contributed by atoms with E-state index in [0.717, 1.165) is 18.7 Å². The number of rotatable bonds is 1. The van der Waals surface area contributed by atoms with Crippen molar-refractivity contribution in [2.45, 2.75) is 6.42 Å². The molecule has 0 aromatic heterocycles. The van der Waals surface area contributed by atoms with E-state index in [1.165, 1.54) is 23.4 Å². The topological polar surface area (TPSA) is 29.3 Å². The summed E-state index contributed by atoms with van der Waals surface area (Å²) in [6.45, 7) is 0.898. The molecule has 0 fully saturated rings. The van der Waals surface area contributed by atoms with Gasteiger partial charge in [0.25, 0.3) is 0 Å². The van der Waals surface area contributed by atoms with Crippen LogP contribution in [0.1, 0.15) is 5.56 Å². The Bertz CT molecular complexity index is 571. The van der Waals surface area contributed by atoms with Crippen LogP contribution in [0.15, 0.2) is 42.5 Å². The highest BCUT2D eigenvalue weighted by atomic mass is 35.5. The predicted molar refractivity (Wildman–Crippen MR) is 75.2 cm³/mol. The molecule has 4 heteroatoms. The molecule has 2 aromatic rings. The number of para-hydroxylation sites is 1. The van der Waals surface area contributed by atoms with Gasteiger partial charge in [0.2, 0.25) is 0 Å². The lowest BCUT2D eigenvalue weighted by molar-refractivity contribution is 0.628. The average molecular weight is 265 g/mol. The molecular formula is C14H14ClFN2. The van der Waals surface area contributed by atoms with Crippen LogP contribution in [0, 0.1) is 5.82 Å². The molecule has 18 heavy (non-hydrogen) atoms. The molecular weight excluding hydrogens is 251 g/mol. The number of hydrogen-bond donors (Lipinski definition) is 1. The number of nitrogens with two attached hydrogens (primary N) is 1. The van der Waals surface area contributed by atoms with Crippen LogP contribution in [0.3, 0.4) is 0 Å². The molecule has 0 aliphatic carbocycles. The van der Waals surface area contributed by atoms with Gasteiger partial charge in [0.05, 0.1) is 11.4 Å². The molecule has 0 amide bonds. The number of anilines is 3. The van der Waals surface area contributed by atoms with Crippen molar-refractivity contribution < 1.29 is 4.39 Å². The van der Waals surface area contributed by atoms with E-state index < -0.39 is 0 Å². The Hall–Kier alpha value is -1.74. The molecule has 1 heterocycles. The second-order valence-corrected chi connectivity index (χ2v) is 4.23. The van der Waals surface area contributed by atoms with Crippen LogP contribution in [0.25, 0.3) is 0 Å². The third kappa shape index (κ3) is 2.02. The maximum atomic E-state index is 13.0. The van der Waals surface area contributed by atoms with E-state index in [1.54, 1.807) is 6.07 Å². The number of nitrogens with zero attached hydrogens (tertiary/aromatic N) is 1. The van der Waals surface area contributed by atoms with Gasteiger partial charge in [0.1, 0.15) is 5.82 Å². The number of benzene rings is 2. The van der Waals surface area contributed by atoms with Gasteiger partial charge in [-0.15, -0.1) is 12.4 Å². The van der Waals surface area contributed by atoms with Crippen LogP contribution in [0.2, 0.25) is 0 Å². The lowest BCUT2D eigenvalue weighted by atomic mass is 10.2. The highest BCUT2D eigenvalue weighted by Gasteiger charge is 2.21. The Morgan fingerprint density at radius 2 is 1.83 bits per heavy atom. The molecule has 0 spiro atoms. The highest BCUT2D eigenvalue weighted by Crippen LogP contribution is 2.37. The van der Waals surface area contributed by atoms with E-state index in [4.69, 9.17) is 5.73 Å². The number of fused-ring (bicyclic) bond motifs is 1. The van der Waals surface area contributed by atoms with E-state index >= 15 is 0 Å². The molecule has 0 unspecified atom stereocenters. The lowest BCUT2D eigenvalue weighted by Crippen LogP contribution is -2.15. The molecule has 0 atom stereocenters. The summed E-state index contributed by atoms with van der Waals surface area (Å²) in [5.41, 5.74) is 9.74. The van der Waals surface area contributed by atoms with Crippen molar-refractivity contribution in [1.82, 2.24) is 0 Å². The Kier molecular flexibility index (Phi) is 3.43. The van der Waals surface area contributed by atoms with E-state index in [0.29, 0.717) is 5.69 Å². The van der Waals surface area contributed by atoms with Crippen LogP contribution in [-0.4, -0.2) is 6.54 Å². The standard InChI is InChI=1S/C14H13FN2.ClH/c15-11-5-6-14(12(16)9-11)17-8-7-10-3-1-2-4-13(10)17;/h1-6,9H,7-8,16H2;1H. The summed E-state index contributed by atoms with van der Waals surface area (Å²) in [6, 6.07) is 12.8. The van der Waals surface area contributed by atoms with Crippen molar-refractivity contribution in [2.24, 2.45) is 0 Å². The fraction of sp³-hybridized carbons (Fsp3) is 0.143. The minimum absolute atomic E-state index is 0. The SMILES string of the molecule is Cl.Nc1cc(F)ccc1N1CCc2ccccc21. The van der Waals surface area contributed by atoms with Crippen LogP contribution in [-0.2, 0) is 6.42 Å². The van der Waals surface area contributed by atoms with Crippen molar-refractivity contribution in [3.05, 3.63) is 53.8 Å². The Morgan fingerprint density at radius 1 is 1.06 bits per heavy atom. The zero-order chi connectivity index (χ0) is 11.8. The number of halogens is 2. The molecule has 0 bridgehead atoms. The molecule has 3 rings (SSSR count). The fourth-order valence-corrected chi connectivity index (χ4v) is 2.36. The second kappa shape index (κ2) is 4.86. The Morgan fingerprint density at radius 3 is 2.61 bits per heavy atom. The fourth-order valence-electron chi connectivity index (χ4n) is 2.36. The minimum Gasteiger partial charge on any atom is -0.397 e. The zero-order valence-corrected chi connectivity index (χ0v) is 10.6. The van der Waals surface area contributed by atoms with E-state index in [2.05, 4.69) is 17.0 Å². The quantitative estimate of drug-likeness (QED) is 0.799. The summed E-state index contributed by atoms with van der Waals surface area (Å²) in [5, 5.41) is 0. The number of nitrogen functional groups attached to an aromatic ring is 1. The summed E-state index contributed by atoms with van der Waals surface area (Å²) < 4.78 is 13.0. The molecule has 0 saturated carbocycles. The van der Waals surface area contributed by atoms with Crippen molar-refractivity contribution >= 4 is 29.5 Å². The normalized spacial score (nSPS) is 13.1. The van der Waals surface area contributed by atoms with E-state index in [-0.39, 0.29) is 18.2 Å². The first-order valence-electron chi connectivity index (χ1n) is 5.66. The number of hydrogen-bond acceptors (Lipinski definition) is 2. The van der Waals surface area contributed by atoms with Crippen molar-refractivity contribution in [2.75, 3.05) is 17.2 Å². The first kappa shape index (κ1) is 12.7. The Balaban J connectivity index is 0.00000120. The largest absolute Gasteiger partial charge is 0.397 e.